The van der Waals surface area contributed by atoms with Crippen LogP contribution in [0.15, 0.2) is 46.3 Å². The normalized spacial score (nSPS) is 16.3. The molecule has 0 aromatic heterocycles. The molecule has 0 saturated carbocycles. The molecule has 0 radical (unpaired) electrons. The topological polar surface area (TPSA) is 41.6 Å². The van der Waals surface area contributed by atoms with Crippen molar-refractivity contribution in [3.8, 4) is 0 Å². The molecule has 1 heterocycles. The van der Waals surface area contributed by atoms with E-state index in [1.807, 2.05) is 38.4 Å². The Morgan fingerprint density at radius 3 is 2.68 bits per heavy atom. The fraction of sp³-hybridized carbons (Fsp3) is 0.143. The van der Waals surface area contributed by atoms with Crippen molar-refractivity contribution >= 4 is 37.4 Å². The summed E-state index contributed by atoms with van der Waals surface area (Å²) in [5.41, 5.74) is 8.60. The van der Waals surface area contributed by atoms with E-state index in [2.05, 4.69) is 22.0 Å². The second kappa shape index (κ2) is 4.54. The van der Waals surface area contributed by atoms with Gasteiger partial charge in [0.2, 0.25) is 0 Å². The van der Waals surface area contributed by atoms with Crippen molar-refractivity contribution in [1.82, 2.24) is 0 Å². The van der Waals surface area contributed by atoms with Crippen LogP contribution in [0.4, 0.5) is 17.1 Å². The molecule has 2 aromatic carbocycles. The Kier molecular flexibility index (Phi) is 2.99. The van der Waals surface area contributed by atoms with Gasteiger partial charge in [0, 0.05) is 34.9 Å². The number of hydrogen-bond acceptors (Lipinski definition) is 3. The third-order valence-corrected chi connectivity index (χ3v) is 5.49. The molecule has 3 nitrogen and oxygen atoms in total. The van der Waals surface area contributed by atoms with Crippen molar-refractivity contribution in [3.05, 3.63) is 46.3 Å². The Morgan fingerprint density at radius 2 is 1.95 bits per heavy atom. The van der Waals surface area contributed by atoms with Crippen LogP contribution in [0.3, 0.4) is 0 Å². The van der Waals surface area contributed by atoms with Gasteiger partial charge in [-0.05, 0) is 47.1 Å². The van der Waals surface area contributed by atoms with Crippen LogP contribution in [-0.4, -0.2) is 14.1 Å². The molecule has 0 bridgehead atoms. The molecule has 2 aromatic rings. The number of hydrogen-bond donors (Lipinski definition) is 1. The zero-order valence-corrected chi connectivity index (χ0v) is 12.3. The third kappa shape index (κ3) is 2.11. The summed E-state index contributed by atoms with van der Waals surface area (Å²) >= 11 is 0. The average Bonchev–Trinajstić information content (AvgIpc) is 2.39. The number of rotatable bonds is 1. The molecular formula is C14H14ClN3S. The predicted octanol–water partition coefficient (Wildman–Crippen LogP) is 3.33. The summed E-state index contributed by atoms with van der Waals surface area (Å²) in [6.07, 6.45) is 0. The van der Waals surface area contributed by atoms with Gasteiger partial charge in [0.15, 0.2) is 0 Å². The molecule has 19 heavy (non-hydrogen) atoms. The first kappa shape index (κ1) is 12.5. The lowest BCUT2D eigenvalue weighted by Crippen LogP contribution is -2.12. The summed E-state index contributed by atoms with van der Waals surface area (Å²) in [6.45, 7) is 0. The van der Waals surface area contributed by atoms with Crippen molar-refractivity contribution in [2.45, 2.75) is 4.90 Å². The van der Waals surface area contributed by atoms with Gasteiger partial charge in [-0.1, -0.05) is 9.70 Å². The van der Waals surface area contributed by atoms with E-state index in [9.17, 15) is 0 Å². The standard InChI is InChI=1S/C14H14ClN3S/c1-18(2)10-4-6-12-14(8-10)19(15)13-7-9(16)3-5-11(13)17-12/h3-8H,16H2,1-2H3. The van der Waals surface area contributed by atoms with Gasteiger partial charge in [0.1, 0.15) is 0 Å². The maximum Gasteiger partial charge on any atom is 0.0781 e. The van der Waals surface area contributed by atoms with Crippen molar-refractivity contribution in [1.29, 1.82) is 0 Å². The van der Waals surface area contributed by atoms with Crippen molar-refractivity contribution in [2.75, 3.05) is 24.7 Å². The minimum Gasteiger partial charge on any atom is -0.399 e. The van der Waals surface area contributed by atoms with Gasteiger partial charge in [0.25, 0.3) is 0 Å². The van der Waals surface area contributed by atoms with Crippen LogP contribution >= 0.6 is 20.4 Å². The Balaban J connectivity index is 2.34. The van der Waals surface area contributed by atoms with Crippen LogP contribution < -0.4 is 16.0 Å². The lowest BCUT2D eigenvalue weighted by Gasteiger charge is -2.15. The van der Waals surface area contributed by atoms with Gasteiger partial charge in [-0.3, -0.25) is 0 Å². The van der Waals surface area contributed by atoms with E-state index in [-0.39, 0.29) is 0 Å². The Hall–Kier alpha value is -1.52. The first-order valence-electron chi connectivity index (χ1n) is 5.89. The van der Waals surface area contributed by atoms with Gasteiger partial charge >= 0.3 is 0 Å². The molecular weight excluding hydrogens is 278 g/mol. The SMILES string of the molecule is CN(C)c1ccc2c(c1)=S(Cl)c1cc(N)ccc1N=2. The quantitative estimate of drug-likeness (QED) is 0.647. The van der Waals surface area contributed by atoms with Gasteiger partial charge in [-0.25, -0.2) is 4.99 Å². The molecule has 2 N–H and O–H groups in total. The Bertz CT molecular complexity index is 784. The van der Waals surface area contributed by atoms with E-state index >= 15 is 0 Å². The molecule has 1 aliphatic heterocycles. The predicted molar refractivity (Wildman–Crippen MR) is 83.0 cm³/mol. The molecule has 0 fully saturated rings. The van der Waals surface area contributed by atoms with Gasteiger partial charge in [0.05, 0.1) is 11.0 Å². The summed E-state index contributed by atoms with van der Waals surface area (Å²) in [4.78, 5) is 7.71. The highest BCUT2D eigenvalue weighted by Gasteiger charge is 2.12. The summed E-state index contributed by atoms with van der Waals surface area (Å²) < 4.78 is 1.06. The Labute approximate surface area is 118 Å². The first-order chi connectivity index (χ1) is 9.06. The van der Waals surface area contributed by atoms with Gasteiger partial charge < -0.3 is 10.6 Å². The lowest BCUT2D eigenvalue weighted by molar-refractivity contribution is 1.12. The smallest absolute Gasteiger partial charge is 0.0781 e. The van der Waals surface area contributed by atoms with Crippen LogP contribution in [0.2, 0.25) is 0 Å². The molecule has 0 spiro atoms. The molecule has 1 atom stereocenters. The second-order valence-electron chi connectivity index (χ2n) is 4.64. The fourth-order valence-corrected chi connectivity index (χ4v) is 4.07. The maximum atomic E-state index is 6.62. The monoisotopic (exact) mass is 291 g/mol. The maximum absolute atomic E-state index is 6.62. The molecule has 1 aliphatic rings. The second-order valence-corrected chi connectivity index (χ2v) is 6.96. The molecule has 5 heteroatoms. The van der Waals surface area contributed by atoms with E-state index in [0.717, 1.165) is 31.8 Å². The van der Waals surface area contributed by atoms with E-state index in [1.165, 1.54) is 0 Å². The van der Waals surface area contributed by atoms with Crippen molar-refractivity contribution in [3.63, 3.8) is 0 Å². The highest BCUT2D eigenvalue weighted by atomic mass is 35.7. The summed E-state index contributed by atoms with van der Waals surface area (Å²) in [6, 6.07) is 11.9. The minimum absolute atomic E-state index is 0.505. The minimum atomic E-state index is -0.505. The summed E-state index contributed by atoms with van der Waals surface area (Å²) in [5, 5.41) is 0.946. The van der Waals surface area contributed by atoms with Crippen LogP contribution in [0.5, 0.6) is 0 Å². The van der Waals surface area contributed by atoms with E-state index in [1.54, 1.807) is 0 Å². The molecule has 0 aliphatic carbocycles. The van der Waals surface area contributed by atoms with E-state index < -0.39 is 9.70 Å². The average molecular weight is 292 g/mol. The lowest BCUT2D eigenvalue weighted by atomic mass is 10.2. The van der Waals surface area contributed by atoms with Gasteiger partial charge in [-0.2, -0.15) is 0 Å². The number of nitrogens with zero attached hydrogens (tertiary/aromatic N) is 2. The number of fused-ring (bicyclic) bond motifs is 2. The molecule has 1 unspecified atom stereocenters. The van der Waals surface area contributed by atoms with Crippen LogP contribution in [0, 0.1) is 4.51 Å². The number of nitrogens with two attached hydrogens (primary N) is 1. The van der Waals surface area contributed by atoms with E-state index in [4.69, 9.17) is 16.4 Å². The van der Waals surface area contributed by atoms with Crippen LogP contribution in [0.1, 0.15) is 0 Å². The summed E-state index contributed by atoms with van der Waals surface area (Å²) in [7, 11) is 10.1. The van der Waals surface area contributed by atoms with Crippen molar-refractivity contribution in [2.24, 2.45) is 4.99 Å². The highest BCUT2D eigenvalue weighted by molar-refractivity contribution is 8.29. The zero-order valence-electron chi connectivity index (χ0n) is 10.7. The third-order valence-electron chi connectivity index (χ3n) is 3.07. The number of halogens is 1. The summed E-state index contributed by atoms with van der Waals surface area (Å²) in [5.74, 6) is 0. The number of nitrogen functional groups attached to an aromatic ring is 1. The molecule has 0 saturated heterocycles. The van der Waals surface area contributed by atoms with Gasteiger partial charge in [-0.15, -0.1) is 0 Å². The van der Waals surface area contributed by atoms with Crippen LogP contribution in [-0.2, 0) is 0 Å². The Morgan fingerprint density at radius 1 is 1.16 bits per heavy atom. The molecule has 98 valence electrons. The number of benzene rings is 2. The fourth-order valence-electron chi connectivity index (χ4n) is 2.03. The van der Waals surface area contributed by atoms with E-state index in [0.29, 0.717) is 0 Å². The zero-order chi connectivity index (χ0) is 13.6. The molecule has 0 amide bonds. The molecule has 3 rings (SSSR count). The number of anilines is 2. The van der Waals surface area contributed by atoms with Crippen molar-refractivity contribution < 1.29 is 0 Å². The largest absolute Gasteiger partial charge is 0.399 e. The van der Waals surface area contributed by atoms with Crippen LogP contribution in [0.25, 0.3) is 0 Å². The highest BCUT2D eigenvalue weighted by Crippen LogP contribution is 2.43. The first-order valence-corrected chi connectivity index (χ1v) is 7.94.